The average molecular weight is 150 g/mol. The monoisotopic (exact) mass is 150 g/mol. The highest BCUT2D eigenvalue weighted by Crippen LogP contribution is 2.21. The van der Waals surface area contributed by atoms with Crippen molar-refractivity contribution in [3.8, 4) is 0 Å². The molecule has 0 spiro atoms. The number of allylic oxidation sites excluding steroid dienone is 1. The molecule has 1 atom stereocenters. The SMILES string of the molecule is FC(F)(F)C1N=CC=CN1. The van der Waals surface area contributed by atoms with E-state index in [1.807, 2.05) is 0 Å². The number of rotatable bonds is 0. The Morgan fingerprint density at radius 2 is 2.10 bits per heavy atom. The minimum absolute atomic E-state index is 1.12. The average Bonchev–Trinajstić information content (AvgIpc) is 1.88. The highest BCUT2D eigenvalue weighted by atomic mass is 19.4. The van der Waals surface area contributed by atoms with Gasteiger partial charge in [0, 0.05) is 6.21 Å². The molecular formula is C5H5F3N2. The third kappa shape index (κ3) is 1.49. The molecule has 1 aliphatic rings. The Labute approximate surface area is 55.4 Å². The Hall–Kier alpha value is -1.00. The van der Waals surface area contributed by atoms with Gasteiger partial charge in [0.15, 0.2) is 0 Å². The molecule has 0 aliphatic carbocycles. The van der Waals surface area contributed by atoms with Crippen molar-refractivity contribution in [1.82, 2.24) is 5.32 Å². The van der Waals surface area contributed by atoms with E-state index in [1.165, 1.54) is 12.3 Å². The van der Waals surface area contributed by atoms with Crippen LogP contribution in [0.5, 0.6) is 0 Å². The molecule has 0 saturated carbocycles. The molecule has 0 amide bonds. The summed E-state index contributed by atoms with van der Waals surface area (Å²) in [6.45, 7) is 0. The van der Waals surface area contributed by atoms with Gasteiger partial charge in [-0.05, 0) is 12.3 Å². The quantitative estimate of drug-likeness (QED) is 0.548. The molecule has 0 aromatic carbocycles. The molecule has 0 bridgehead atoms. The van der Waals surface area contributed by atoms with E-state index < -0.39 is 12.3 Å². The lowest BCUT2D eigenvalue weighted by atomic mass is 10.4. The van der Waals surface area contributed by atoms with Crippen LogP contribution in [0.4, 0.5) is 13.2 Å². The van der Waals surface area contributed by atoms with Crippen molar-refractivity contribution in [1.29, 1.82) is 0 Å². The molecule has 1 N–H and O–H groups in total. The fourth-order valence-corrected chi connectivity index (χ4v) is 0.548. The van der Waals surface area contributed by atoms with Gasteiger partial charge in [0.1, 0.15) is 0 Å². The van der Waals surface area contributed by atoms with Gasteiger partial charge in [-0.2, -0.15) is 13.2 Å². The normalized spacial score (nSPS) is 24.5. The zero-order chi connectivity index (χ0) is 7.61. The van der Waals surface area contributed by atoms with Crippen LogP contribution in [-0.2, 0) is 0 Å². The van der Waals surface area contributed by atoms with Gasteiger partial charge in [-0.15, -0.1) is 0 Å². The number of nitrogens with zero attached hydrogens (tertiary/aromatic N) is 1. The standard InChI is InChI=1S/C5H5F3N2/c6-5(7,8)4-9-2-1-3-10-4/h1-4,9H. The van der Waals surface area contributed by atoms with E-state index in [0.29, 0.717) is 0 Å². The number of hydrogen-bond acceptors (Lipinski definition) is 2. The van der Waals surface area contributed by atoms with Crippen molar-refractivity contribution in [2.24, 2.45) is 4.99 Å². The van der Waals surface area contributed by atoms with E-state index in [9.17, 15) is 13.2 Å². The van der Waals surface area contributed by atoms with Crippen LogP contribution in [0.1, 0.15) is 0 Å². The Kier molecular flexibility index (Phi) is 1.65. The molecule has 0 fully saturated rings. The van der Waals surface area contributed by atoms with Gasteiger partial charge in [0.05, 0.1) is 0 Å². The van der Waals surface area contributed by atoms with E-state index in [0.717, 1.165) is 6.21 Å². The summed E-state index contributed by atoms with van der Waals surface area (Å²) in [5, 5.41) is 2.06. The summed E-state index contributed by atoms with van der Waals surface area (Å²) < 4.78 is 35.2. The zero-order valence-corrected chi connectivity index (χ0v) is 4.89. The predicted molar refractivity (Wildman–Crippen MR) is 30.6 cm³/mol. The number of aliphatic imine (C=N–C) groups is 1. The van der Waals surface area contributed by atoms with Crippen molar-refractivity contribution in [3.63, 3.8) is 0 Å². The van der Waals surface area contributed by atoms with Crippen LogP contribution in [-0.4, -0.2) is 18.6 Å². The Morgan fingerprint density at radius 1 is 1.40 bits per heavy atom. The highest BCUT2D eigenvalue weighted by molar-refractivity contribution is 5.71. The number of alkyl halides is 3. The first-order valence-electron chi connectivity index (χ1n) is 2.62. The van der Waals surface area contributed by atoms with Crippen LogP contribution >= 0.6 is 0 Å². The molecule has 2 nitrogen and oxygen atoms in total. The van der Waals surface area contributed by atoms with Crippen LogP contribution in [0.2, 0.25) is 0 Å². The Balaban J connectivity index is 2.60. The van der Waals surface area contributed by atoms with Crippen molar-refractivity contribution >= 4 is 6.21 Å². The maximum absolute atomic E-state index is 11.7. The molecule has 1 heterocycles. The zero-order valence-electron chi connectivity index (χ0n) is 4.89. The largest absolute Gasteiger partial charge is 0.429 e. The van der Waals surface area contributed by atoms with Gasteiger partial charge in [-0.25, -0.2) is 0 Å². The van der Waals surface area contributed by atoms with Gasteiger partial charge >= 0.3 is 6.18 Å². The highest BCUT2D eigenvalue weighted by Gasteiger charge is 2.39. The van der Waals surface area contributed by atoms with E-state index in [1.54, 1.807) is 0 Å². The lowest BCUT2D eigenvalue weighted by Crippen LogP contribution is -2.38. The fourth-order valence-electron chi connectivity index (χ4n) is 0.548. The third-order valence-corrected chi connectivity index (χ3v) is 0.982. The lowest BCUT2D eigenvalue weighted by Gasteiger charge is -2.17. The van der Waals surface area contributed by atoms with Crippen LogP contribution in [0.25, 0.3) is 0 Å². The van der Waals surface area contributed by atoms with Crippen LogP contribution < -0.4 is 5.32 Å². The maximum atomic E-state index is 11.7. The first-order valence-corrected chi connectivity index (χ1v) is 2.62. The second-order valence-corrected chi connectivity index (χ2v) is 1.77. The summed E-state index contributed by atoms with van der Waals surface area (Å²) >= 11 is 0. The molecule has 10 heavy (non-hydrogen) atoms. The predicted octanol–water partition coefficient (Wildman–Crippen LogP) is 1.06. The lowest BCUT2D eigenvalue weighted by molar-refractivity contribution is -0.151. The minimum atomic E-state index is -4.29. The Morgan fingerprint density at radius 3 is 2.40 bits per heavy atom. The van der Waals surface area contributed by atoms with E-state index in [-0.39, 0.29) is 0 Å². The first-order chi connectivity index (χ1) is 4.61. The number of nitrogens with one attached hydrogen (secondary N) is 1. The van der Waals surface area contributed by atoms with Crippen molar-refractivity contribution in [2.75, 3.05) is 0 Å². The summed E-state index contributed by atoms with van der Waals surface area (Å²) in [5.74, 6) is 0. The molecular weight excluding hydrogens is 145 g/mol. The van der Waals surface area contributed by atoms with E-state index in [2.05, 4.69) is 10.3 Å². The Bertz CT molecular complexity index is 170. The summed E-state index contributed by atoms with van der Waals surface area (Å²) in [6, 6.07) is 0. The molecule has 0 aromatic rings. The molecule has 0 aromatic heterocycles. The van der Waals surface area contributed by atoms with E-state index in [4.69, 9.17) is 0 Å². The second kappa shape index (κ2) is 2.32. The first kappa shape index (κ1) is 7.11. The van der Waals surface area contributed by atoms with Gasteiger partial charge in [-0.1, -0.05) is 0 Å². The molecule has 0 radical (unpaired) electrons. The number of halogens is 3. The number of hydrogen-bond donors (Lipinski definition) is 1. The van der Waals surface area contributed by atoms with Crippen LogP contribution in [0, 0.1) is 0 Å². The minimum Gasteiger partial charge on any atom is -0.362 e. The topological polar surface area (TPSA) is 24.4 Å². The van der Waals surface area contributed by atoms with E-state index >= 15 is 0 Å². The van der Waals surface area contributed by atoms with Crippen molar-refractivity contribution in [2.45, 2.75) is 12.3 Å². The summed E-state index contributed by atoms with van der Waals surface area (Å²) in [7, 11) is 0. The molecule has 1 unspecified atom stereocenters. The maximum Gasteiger partial charge on any atom is 0.429 e. The van der Waals surface area contributed by atoms with Crippen molar-refractivity contribution < 1.29 is 13.2 Å². The molecule has 1 rings (SSSR count). The van der Waals surface area contributed by atoms with Crippen LogP contribution in [0.15, 0.2) is 17.3 Å². The molecule has 0 saturated heterocycles. The van der Waals surface area contributed by atoms with Crippen molar-refractivity contribution in [3.05, 3.63) is 12.3 Å². The fraction of sp³-hybridized carbons (Fsp3) is 0.400. The van der Waals surface area contributed by atoms with Crippen LogP contribution in [0.3, 0.4) is 0 Å². The summed E-state index contributed by atoms with van der Waals surface area (Å²) in [4.78, 5) is 3.15. The van der Waals surface area contributed by atoms with Gasteiger partial charge in [0.2, 0.25) is 6.17 Å². The molecule has 1 aliphatic heterocycles. The van der Waals surface area contributed by atoms with Gasteiger partial charge < -0.3 is 5.32 Å². The van der Waals surface area contributed by atoms with Gasteiger partial charge in [0.25, 0.3) is 0 Å². The summed E-state index contributed by atoms with van der Waals surface area (Å²) in [5.41, 5.74) is 0. The summed E-state index contributed by atoms with van der Waals surface area (Å²) in [6.07, 6.45) is -2.32. The molecule has 56 valence electrons. The third-order valence-electron chi connectivity index (χ3n) is 0.982. The smallest absolute Gasteiger partial charge is 0.362 e. The second-order valence-electron chi connectivity index (χ2n) is 1.77. The van der Waals surface area contributed by atoms with Gasteiger partial charge in [-0.3, -0.25) is 4.99 Å². The molecule has 5 heteroatoms.